The molecule has 0 unspecified atom stereocenters. The first-order valence-corrected chi connectivity index (χ1v) is 10.2. The SMILES string of the molecule is CCCCCCC[C@@]1(C)NC(=O)N(NC(=O)c2cc(CC)c(C)s2)C1=O. The van der Waals surface area contributed by atoms with Crippen molar-refractivity contribution in [1.82, 2.24) is 15.8 Å². The first-order chi connectivity index (χ1) is 12.3. The third-order valence-electron chi connectivity index (χ3n) is 4.88. The van der Waals surface area contributed by atoms with Gasteiger partial charge in [-0.05, 0) is 38.3 Å². The summed E-state index contributed by atoms with van der Waals surface area (Å²) >= 11 is 1.37. The highest BCUT2D eigenvalue weighted by atomic mass is 32.1. The van der Waals surface area contributed by atoms with Crippen LogP contribution < -0.4 is 10.7 Å². The maximum Gasteiger partial charge on any atom is 0.344 e. The maximum absolute atomic E-state index is 12.7. The van der Waals surface area contributed by atoms with E-state index < -0.39 is 23.4 Å². The van der Waals surface area contributed by atoms with Crippen molar-refractivity contribution in [3.8, 4) is 0 Å². The first-order valence-electron chi connectivity index (χ1n) is 9.39. The molecule has 7 heteroatoms. The second-order valence-electron chi connectivity index (χ2n) is 7.05. The predicted octanol–water partition coefficient (Wildman–Crippen LogP) is 3.93. The lowest BCUT2D eigenvalue weighted by Gasteiger charge is -2.21. The van der Waals surface area contributed by atoms with Crippen molar-refractivity contribution < 1.29 is 14.4 Å². The highest BCUT2D eigenvalue weighted by Crippen LogP contribution is 2.25. The monoisotopic (exact) mass is 379 g/mol. The van der Waals surface area contributed by atoms with E-state index in [1.54, 1.807) is 6.92 Å². The molecule has 1 atom stereocenters. The van der Waals surface area contributed by atoms with Crippen LogP contribution in [0.5, 0.6) is 0 Å². The molecule has 2 rings (SSSR count). The molecule has 1 aromatic heterocycles. The van der Waals surface area contributed by atoms with Crippen LogP contribution in [-0.2, 0) is 11.2 Å². The molecule has 0 spiro atoms. The van der Waals surface area contributed by atoms with Crippen LogP contribution in [0.4, 0.5) is 4.79 Å². The van der Waals surface area contributed by atoms with Gasteiger partial charge in [-0.2, -0.15) is 5.01 Å². The Balaban J connectivity index is 1.98. The Labute approximate surface area is 159 Å². The van der Waals surface area contributed by atoms with Gasteiger partial charge in [0.15, 0.2) is 0 Å². The van der Waals surface area contributed by atoms with Gasteiger partial charge >= 0.3 is 6.03 Å². The summed E-state index contributed by atoms with van der Waals surface area (Å²) in [6.07, 6.45) is 6.79. The van der Waals surface area contributed by atoms with Gasteiger partial charge in [-0.1, -0.05) is 46.0 Å². The minimum Gasteiger partial charge on any atom is -0.322 e. The Bertz CT molecular complexity index is 686. The second-order valence-corrected chi connectivity index (χ2v) is 8.31. The van der Waals surface area contributed by atoms with E-state index in [-0.39, 0.29) is 0 Å². The van der Waals surface area contributed by atoms with Crippen LogP contribution in [0.1, 0.15) is 79.4 Å². The number of nitrogens with zero attached hydrogens (tertiary/aromatic N) is 1. The van der Waals surface area contributed by atoms with E-state index in [0.717, 1.165) is 47.6 Å². The fraction of sp³-hybridized carbons (Fsp3) is 0.632. The number of aryl methyl sites for hydroxylation is 2. The van der Waals surface area contributed by atoms with Crippen molar-refractivity contribution in [2.45, 2.75) is 78.2 Å². The molecule has 0 bridgehead atoms. The van der Waals surface area contributed by atoms with E-state index >= 15 is 0 Å². The quantitative estimate of drug-likeness (QED) is 0.504. The zero-order chi connectivity index (χ0) is 19.3. The molecule has 0 saturated carbocycles. The minimum absolute atomic E-state index is 0.393. The van der Waals surface area contributed by atoms with Gasteiger partial charge in [-0.25, -0.2) is 4.79 Å². The lowest BCUT2D eigenvalue weighted by Crippen LogP contribution is -2.48. The van der Waals surface area contributed by atoms with Crippen LogP contribution in [0.15, 0.2) is 6.07 Å². The fourth-order valence-corrected chi connectivity index (χ4v) is 4.18. The van der Waals surface area contributed by atoms with E-state index in [9.17, 15) is 14.4 Å². The number of carbonyl (C=O) groups excluding carboxylic acids is 3. The summed E-state index contributed by atoms with van der Waals surface area (Å²) in [7, 11) is 0. The third kappa shape index (κ3) is 4.44. The summed E-state index contributed by atoms with van der Waals surface area (Å²) < 4.78 is 0. The Morgan fingerprint density at radius 1 is 1.23 bits per heavy atom. The summed E-state index contributed by atoms with van der Waals surface area (Å²) in [5.41, 5.74) is 2.63. The lowest BCUT2D eigenvalue weighted by atomic mass is 9.94. The van der Waals surface area contributed by atoms with E-state index in [1.165, 1.54) is 17.8 Å². The van der Waals surface area contributed by atoms with Crippen LogP contribution in [-0.4, -0.2) is 28.4 Å². The molecule has 2 N–H and O–H groups in total. The molecule has 144 valence electrons. The summed E-state index contributed by atoms with van der Waals surface area (Å²) in [5, 5.41) is 3.56. The lowest BCUT2D eigenvalue weighted by molar-refractivity contribution is -0.132. The number of amides is 4. The smallest absolute Gasteiger partial charge is 0.322 e. The van der Waals surface area contributed by atoms with Gasteiger partial charge in [0, 0.05) is 4.88 Å². The van der Waals surface area contributed by atoms with Crippen LogP contribution in [0.25, 0.3) is 0 Å². The molecule has 1 aliphatic rings. The number of carbonyl (C=O) groups is 3. The Hall–Kier alpha value is -1.89. The average molecular weight is 380 g/mol. The summed E-state index contributed by atoms with van der Waals surface area (Å²) in [5.74, 6) is -0.816. The molecule has 2 heterocycles. The molecular formula is C19H29N3O3S. The molecule has 4 amide bonds. The van der Waals surface area contributed by atoms with Crippen molar-refractivity contribution in [3.63, 3.8) is 0 Å². The molecule has 6 nitrogen and oxygen atoms in total. The van der Waals surface area contributed by atoms with Gasteiger partial charge in [0.05, 0.1) is 4.88 Å². The van der Waals surface area contributed by atoms with Gasteiger partial charge in [0.2, 0.25) is 0 Å². The Morgan fingerprint density at radius 3 is 2.54 bits per heavy atom. The topological polar surface area (TPSA) is 78.5 Å². The molecule has 1 fully saturated rings. The summed E-state index contributed by atoms with van der Waals surface area (Å²) in [6, 6.07) is 1.25. The second kappa shape index (κ2) is 8.66. The number of hydrazine groups is 1. The van der Waals surface area contributed by atoms with Crippen LogP contribution in [0.2, 0.25) is 0 Å². The number of imide groups is 1. The van der Waals surface area contributed by atoms with Crippen molar-refractivity contribution in [3.05, 3.63) is 21.4 Å². The highest BCUT2D eigenvalue weighted by Gasteiger charge is 2.48. The van der Waals surface area contributed by atoms with Crippen molar-refractivity contribution in [2.24, 2.45) is 0 Å². The predicted molar refractivity (Wildman–Crippen MR) is 103 cm³/mol. The maximum atomic E-state index is 12.7. The molecule has 1 aliphatic heterocycles. The van der Waals surface area contributed by atoms with Gasteiger partial charge < -0.3 is 5.32 Å². The Morgan fingerprint density at radius 2 is 1.92 bits per heavy atom. The van der Waals surface area contributed by atoms with Crippen LogP contribution in [0, 0.1) is 6.92 Å². The number of rotatable bonds is 9. The first kappa shape index (κ1) is 20.4. The number of unbranched alkanes of at least 4 members (excludes halogenated alkanes) is 4. The average Bonchev–Trinajstić information content (AvgIpc) is 3.08. The van der Waals surface area contributed by atoms with Gasteiger partial charge in [-0.3, -0.25) is 15.0 Å². The van der Waals surface area contributed by atoms with Gasteiger partial charge in [0.1, 0.15) is 5.54 Å². The normalized spacial score (nSPS) is 19.8. The molecule has 0 radical (unpaired) electrons. The fourth-order valence-electron chi connectivity index (χ4n) is 3.18. The summed E-state index contributed by atoms with van der Waals surface area (Å²) in [6.45, 7) is 7.87. The number of hydrogen-bond acceptors (Lipinski definition) is 4. The molecule has 0 aromatic carbocycles. The highest BCUT2D eigenvalue weighted by molar-refractivity contribution is 7.14. The standard InChI is InChI=1S/C19H29N3O3S/c1-5-7-8-9-10-11-19(4)17(24)22(18(25)20-19)21-16(23)15-12-14(6-2)13(3)26-15/h12H,5-11H2,1-4H3,(H,20,25)(H,21,23)/t19-/m1/s1. The molecule has 1 saturated heterocycles. The van der Waals surface area contributed by atoms with E-state index in [2.05, 4.69) is 17.7 Å². The number of thiophene rings is 1. The van der Waals surface area contributed by atoms with Crippen molar-refractivity contribution >= 4 is 29.2 Å². The number of urea groups is 1. The zero-order valence-electron chi connectivity index (χ0n) is 16.1. The molecule has 26 heavy (non-hydrogen) atoms. The summed E-state index contributed by atoms with van der Waals surface area (Å²) in [4.78, 5) is 38.9. The van der Waals surface area contributed by atoms with Gasteiger partial charge in [0.25, 0.3) is 11.8 Å². The van der Waals surface area contributed by atoms with E-state index in [1.807, 2.05) is 19.9 Å². The third-order valence-corrected chi connectivity index (χ3v) is 5.97. The number of hydrogen-bond donors (Lipinski definition) is 2. The largest absolute Gasteiger partial charge is 0.344 e. The minimum atomic E-state index is -0.948. The Kier molecular flexibility index (Phi) is 6.81. The molecule has 0 aliphatic carbocycles. The van der Waals surface area contributed by atoms with E-state index in [0.29, 0.717) is 11.3 Å². The number of nitrogens with one attached hydrogen (secondary N) is 2. The van der Waals surface area contributed by atoms with Crippen LogP contribution >= 0.6 is 11.3 Å². The van der Waals surface area contributed by atoms with E-state index in [4.69, 9.17) is 0 Å². The molecular weight excluding hydrogens is 350 g/mol. The molecule has 1 aromatic rings. The van der Waals surface area contributed by atoms with Crippen molar-refractivity contribution in [1.29, 1.82) is 0 Å². The zero-order valence-corrected chi connectivity index (χ0v) is 16.9. The van der Waals surface area contributed by atoms with Gasteiger partial charge in [-0.15, -0.1) is 11.3 Å². The van der Waals surface area contributed by atoms with Crippen molar-refractivity contribution in [2.75, 3.05) is 0 Å². The van der Waals surface area contributed by atoms with Crippen LogP contribution in [0.3, 0.4) is 0 Å².